The van der Waals surface area contributed by atoms with Crippen molar-refractivity contribution in [1.82, 2.24) is 0 Å². The maximum atomic E-state index is 14.5. The number of carbonyl (C=O) groups excluding carboxylic acids is 1. The molecule has 0 saturated heterocycles. The van der Waals surface area contributed by atoms with Crippen LogP contribution in [-0.2, 0) is 22.6 Å². The molecule has 2 unspecified atom stereocenters. The van der Waals surface area contributed by atoms with Gasteiger partial charge in [-0.25, -0.2) is 4.39 Å². The molecular weight excluding hydrogens is 457 g/mol. The molecule has 0 bridgehead atoms. The van der Waals surface area contributed by atoms with E-state index in [-0.39, 0.29) is 12.5 Å². The number of halogens is 2. The first-order chi connectivity index (χ1) is 13.8. The largest absolute Gasteiger partial charge is 0.481 e. The number of nitrogens with zero attached hydrogens (tertiary/aromatic N) is 1. The van der Waals surface area contributed by atoms with E-state index in [2.05, 4.69) is 15.9 Å². The third-order valence-electron chi connectivity index (χ3n) is 5.11. The Morgan fingerprint density at radius 1 is 1.28 bits per heavy atom. The van der Waals surface area contributed by atoms with E-state index >= 15 is 0 Å². The van der Waals surface area contributed by atoms with E-state index in [1.54, 1.807) is 17.0 Å². The summed E-state index contributed by atoms with van der Waals surface area (Å²) in [6, 6.07) is 10.6. The Kier molecular flexibility index (Phi) is 7.01. The van der Waals surface area contributed by atoms with Gasteiger partial charge in [-0.15, -0.1) is 11.8 Å². The average molecular weight is 480 g/mol. The number of anilines is 1. The number of carboxylic acid groups (broad SMARTS) is 1. The zero-order valence-corrected chi connectivity index (χ0v) is 18.7. The lowest BCUT2D eigenvalue weighted by Gasteiger charge is -2.36. The van der Waals surface area contributed by atoms with Gasteiger partial charge in [0, 0.05) is 14.9 Å². The molecule has 0 saturated carbocycles. The maximum Gasteiger partial charge on any atom is 0.308 e. The molecule has 4 nitrogen and oxygen atoms in total. The second-order valence-electron chi connectivity index (χ2n) is 7.09. The van der Waals surface area contributed by atoms with Crippen LogP contribution in [-0.4, -0.2) is 22.2 Å². The molecule has 1 aliphatic rings. The molecular formula is C22H23BrFNO3S. The van der Waals surface area contributed by atoms with Gasteiger partial charge in [0.15, 0.2) is 0 Å². The van der Waals surface area contributed by atoms with E-state index < -0.39 is 23.0 Å². The van der Waals surface area contributed by atoms with E-state index in [0.717, 1.165) is 22.6 Å². The molecule has 3 rings (SSSR count). The maximum absolute atomic E-state index is 14.5. The zero-order valence-electron chi connectivity index (χ0n) is 16.3. The number of carbonyl (C=O) groups is 2. The van der Waals surface area contributed by atoms with Gasteiger partial charge in [0.2, 0.25) is 5.91 Å². The molecule has 0 radical (unpaired) electrons. The van der Waals surface area contributed by atoms with Crippen LogP contribution in [0.2, 0.25) is 0 Å². The number of aryl methyl sites for hydroxylation is 1. The molecule has 0 aromatic heterocycles. The Morgan fingerprint density at radius 2 is 2.03 bits per heavy atom. The summed E-state index contributed by atoms with van der Waals surface area (Å²) in [6.45, 7) is 4.00. The summed E-state index contributed by atoms with van der Waals surface area (Å²) in [7, 11) is 0. The first-order valence-corrected chi connectivity index (χ1v) is 11.3. The number of benzene rings is 2. The highest BCUT2D eigenvalue weighted by molar-refractivity contribution is 9.10. The molecule has 1 amide bonds. The number of rotatable bonds is 7. The molecule has 0 fully saturated rings. The quantitative estimate of drug-likeness (QED) is 0.556. The second kappa shape index (κ2) is 9.30. The lowest BCUT2D eigenvalue weighted by Crippen LogP contribution is -2.45. The highest BCUT2D eigenvalue weighted by atomic mass is 79.9. The number of fused-ring (bicyclic) bond motifs is 1. The number of hydrogen-bond acceptors (Lipinski definition) is 3. The molecule has 7 heteroatoms. The van der Waals surface area contributed by atoms with Crippen LogP contribution in [0.15, 0.2) is 45.8 Å². The lowest BCUT2D eigenvalue weighted by atomic mass is 9.97. The van der Waals surface area contributed by atoms with Gasteiger partial charge < -0.3 is 10.0 Å². The number of thioether (sulfide) groups is 1. The molecule has 1 heterocycles. The summed E-state index contributed by atoms with van der Waals surface area (Å²) in [4.78, 5) is 27.7. The van der Waals surface area contributed by atoms with Gasteiger partial charge in [-0.05, 0) is 42.7 Å². The number of aliphatic carboxylic acids is 1. The summed E-state index contributed by atoms with van der Waals surface area (Å²) in [5.74, 6) is -2.44. The number of amides is 1. The molecule has 0 aliphatic carbocycles. The van der Waals surface area contributed by atoms with Gasteiger partial charge in [-0.2, -0.15) is 0 Å². The van der Waals surface area contributed by atoms with Crippen molar-refractivity contribution in [1.29, 1.82) is 0 Å². The van der Waals surface area contributed by atoms with Crippen LogP contribution < -0.4 is 4.90 Å². The standard InChI is InChI=1S/C22H23BrFNO3S/c1-3-5-16(22(27)28)20-21(26)25(12-14-7-8-15(23)11-17(14)24)18-10-13(4-2)6-9-19(18)29-20/h6-11,16,20H,3-5,12H2,1-2H3,(H,27,28). The summed E-state index contributed by atoms with van der Waals surface area (Å²) in [5, 5.41) is 8.98. The van der Waals surface area contributed by atoms with Gasteiger partial charge in [-0.3, -0.25) is 9.59 Å². The van der Waals surface area contributed by atoms with Crippen molar-refractivity contribution in [3.8, 4) is 0 Å². The van der Waals surface area contributed by atoms with Crippen molar-refractivity contribution in [2.24, 2.45) is 5.92 Å². The van der Waals surface area contributed by atoms with E-state index in [9.17, 15) is 19.1 Å². The minimum absolute atomic E-state index is 0.0631. The van der Waals surface area contributed by atoms with Crippen molar-refractivity contribution < 1.29 is 19.1 Å². The molecule has 2 aromatic rings. The summed E-state index contributed by atoms with van der Waals surface area (Å²) >= 11 is 4.56. The predicted molar refractivity (Wildman–Crippen MR) is 117 cm³/mol. The van der Waals surface area contributed by atoms with E-state index in [1.807, 2.05) is 32.0 Å². The molecule has 1 N–H and O–H groups in total. The normalized spacial score (nSPS) is 17.2. The van der Waals surface area contributed by atoms with Crippen molar-refractivity contribution in [2.45, 2.75) is 49.8 Å². The predicted octanol–water partition coefficient (Wildman–Crippen LogP) is 5.66. The highest BCUT2D eigenvalue weighted by Gasteiger charge is 2.41. The molecule has 29 heavy (non-hydrogen) atoms. The van der Waals surface area contributed by atoms with Crippen molar-refractivity contribution in [3.05, 3.63) is 57.8 Å². The topological polar surface area (TPSA) is 57.6 Å². The molecule has 0 spiro atoms. The van der Waals surface area contributed by atoms with Crippen LogP contribution in [0.4, 0.5) is 10.1 Å². The SMILES string of the molecule is CCCC(C(=O)O)C1Sc2ccc(CC)cc2N(Cc2ccc(Br)cc2F)C1=O. The lowest BCUT2D eigenvalue weighted by molar-refractivity contribution is -0.143. The molecule has 2 aromatic carbocycles. The Morgan fingerprint density at radius 3 is 2.66 bits per heavy atom. The number of hydrogen-bond donors (Lipinski definition) is 1. The van der Waals surface area contributed by atoms with Gasteiger partial charge in [0.05, 0.1) is 18.2 Å². The molecule has 2 atom stereocenters. The Hall–Kier alpha value is -1.86. The first kappa shape index (κ1) is 21.8. The second-order valence-corrected chi connectivity index (χ2v) is 9.19. The van der Waals surface area contributed by atoms with Gasteiger partial charge >= 0.3 is 5.97 Å². The zero-order chi connectivity index (χ0) is 21.1. The molecule has 154 valence electrons. The smallest absolute Gasteiger partial charge is 0.308 e. The average Bonchev–Trinajstić information content (AvgIpc) is 2.69. The fourth-order valence-electron chi connectivity index (χ4n) is 3.51. The minimum Gasteiger partial charge on any atom is -0.481 e. The van der Waals surface area contributed by atoms with Crippen LogP contribution >= 0.6 is 27.7 Å². The first-order valence-electron chi connectivity index (χ1n) is 9.63. The Bertz CT molecular complexity index is 936. The van der Waals surface area contributed by atoms with E-state index in [0.29, 0.717) is 22.9 Å². The fraction of sp³-hybridized carbons (Fsp3) is 0.364. The van der Waals surface area contributed by atoms with Gasteiger partial charge in [-0.1, -0.05) is 48.3 Å². The summed E-state index contributed by atoms with van der Waals surface area (Å²) in [5.41, 5.74) is 2.18. The van der Waals surface area contributed by atoms with E-state index in [4.69, 9.17) is 0 Å². The van der Waals surface area contributed by atoms with Crippen LogP contribution in [0, 0.1) is 11.7 Å². The minimum atomic E-state index is -0.971. The number of carboxylic acids is 1. The fourth-order valence-corrected chi connectivity index (χ4v) is 5.19. The van der Waals surface area contributed by atoms with Gasteiger partial charge in [0.1, 0.15) is 11.1 Å². The van der Waals surface area contributed by atoms with E-state index in [1.165, 1.54) is 17.8 Å². The van der Waals surface area contributed by atoms with Crippen LogP contribution in [0.3, 0.4) is 0 Å². The molecule has 1 aliphatic heterocycles. The monoisotopic (exact) mass is 479 g/mol. The third kappa shape index (κ3) is 4.67. The summed E-state index contributed by atoms with van der Waals surface area (Å²) in [6.07, 6.45) is 1.90. The van der Waals surface area contributed by atoms with Crippen LogP contribution in [0.5, 0.6) is 0 Å². The Labute approximate surface area is 182 Å². The van der Waals surface area contributed by atoms with Crippen molar-refractivity contribution >= 4 is 45.3 Å². The van der Waals surface area contributed by atoms with Gasteiger partial charge in [0.25, 0.3) is 0 Å². The third-order valence-corrected chi connectivity index (χ3v) is 6.99. The van der Waals surface area contributed by atoms with Crippen LogP contribution in [0.25, 0.3) is 0 Å². The highest BCUT2D eigenvalue weighted by Crippen LogP contribution is 2.44. The van der Waals surface area contributed by atoms with Crippen LogP contribution in [0.1, 0.15) is 37.8 Å². The summed E-state index contributed by atoms with van der Waals surface area (Å²) < 4.78 is 15.1. The van der Waals surface area contributed by atoms with Crippen molar-refractivity contribution in [2.75, 3.05) is 4.90 Å². The Balaban J connectivity index is 2.05. The van der Waals surface area contributed by atoms with Crippen molar-refractivity contribution in [3.63, 3.8) is 0 Å².